The Hall–Kier alpha value is -2.05. The van der Waals surface area contributed by atoms with Gasteiger partial charge in [0.1, 0.15) is 0 Å². The van der Waals surface area contributed by atoms with Crippen LogP contribution in [-0.2, 0) is 0 Å². The minimum Gasteiger partial charge on any atom is -0.391 e. The van der Waals surface area contributed by atoms with Crippen molar-refractivity contribution in [1.82, 2.24) is 14.7 Å². The molecule has 0 spiro atoms. The smallest absolute Gasteiger partial charge is 0.323 e. The average Bonchev–Trinajstić information content (AvgIpc) is 3.06. The molecule has 2 N–H and O–H groups in total. The Labute approximate surface area is 133 Å². The van der Waals surface area contributed by atoms with Crippen LogP contribution < -0.4 is 5.32 Å². The number of benzene rings is 1. The van der Waals surface area contributed by atoms with Crippen molar-refractivity contribution < 1.29 is 9.90 Å². The van der Waals surface area contributed by atoms with Gasteiger partial charge in [-0.15, -0.1) is 5.10 Å². The maximum Gasteiger partial charge on any atom is 0.323 e. The summed E-state index contributed by atoms with van der Waals surface area (Å²) in [5, 5.41) is 17.3. The Morgan fingerprint density at radius 2 is 2.23 bits per heavy atom. The van der Waals surface area contributed by atoms with Crippen LogP contribution in [0.1, 0.15) is 12.0 Å². The second kappa shape index (κ2) is 5.98. The molecule has 0 unspecified atom stereocenters. The van der Waals surface area contributed by atoms with E-state index in [2.05, 4.69) is 10.4 Å². The zero-order valence-corrected chi connectivity index (χ0v) is 12.9. The van der Waals surface area contributed by atoms with E-state index in [1.54, 1.807) is 15.6 Å². The molecular formula is C15H17ClN4O2. The van der Waals surface area contributed by atoms with E-state index in [0.29, 0.717) is 30.4 Å². The lowest BCUT2D eigenvalue weighted by atomic mass is 10.3. The van der Waals surface area contributed by atoms with Crippen molar-refractivity contribution in [2.24, 2.45) is 0 Å². The summed E-state index contributed by atoms with van der Waals surface area (Å²) >= 11 is 6.16. The highest BCUT2D eigenvalue weighted by Crippen LogP contribution is 2.22. The molecule has 3 rings (SSSR count). The van der Waals surface area contributed by atoms with Gasteiger partial charge in [-0.2, -0.15) is 0 Å². The standard InChI is InChI=1S/C15H17ClN4O2/c1-10-8-20(13-5-3-2-4-12(13)16)18-14(10)17-15(22)19-7-6-11(21)9-19/h2-5,8,11,21H,6-7,9H2,1H3,(H,17,18,22)/t11-/m1/s1. The van der Waals surface area contributed by atoms with E-state index in [0.717, 1.165) is 11.3 Å². The quantitative estimate of drug-likeness (QED) is 0.893. The number of carbonyl (C=O) groups is 1. The zero-order valence-electron chi connectivity index (χ0n) is 12.2. The summed E-state index contributed by atoms with van der Waals surface area (Å²) in [6.45, 7) is 2.78. The Morgan fingerprint density at radius 1 is 1.45 bits per heavy atom. The van der Waals surface area contributed by atoms with E-state index in [1.165, 1.54) is 0 Å². The lowest BCUT2D eigenvalue weighted by Crippen LogP contribution is -2.33. The lowest BCUT2D eigenvalue weighted by Gasteiger charge is -2.15. The number of aryl methyl sites for hydroxylation is 1. The van der Waals surface area contributed by atoms with Crippen LogP contribution in [0, 0.1) is 6.92 Å². The van der Waals surface area contributed by atoms with Crippen molar-refractivity contribution in [3.63, 3.8) is 0 Å². The molecule has 22 heavy (non-hydrogen) atoms. The number of rotatable bonds is 2. The van der Waals surface area contributed by atoms with Gasteiger partial charge < -0.3 is 10.0 Å². The summed E-state index contributed by atoms with van der Waals surface area (Å²) in [6, 6.07) is 7.13. The summed E-state index contributed by atoms with van der Waals surface area (Å²) in [5.74, 6) is 0.492. The van der Waals surface area contributed by atoms with Gasteiger partial charge in [0.25, 0.3) is 0 Å². The Kier molecular flexibility index (Phi) is 4.04. The van der Waals surface area contributed by atoms with E-state index in [1.807, 2.05) is 31.3 Å². The van der Waals surface area contributed by atoms with Crippen LogP contribution in [0.2, 0.25) is 5.02 Å². The van der Waals surface area contributed by atoms with Crippen molar-refractivity contribution >= 4 is 23.4 Å². The van der Waals surface area contributed by atoms with Crippen LogP contribution in [0.3, 0.4) is 0 Å². The third-order valence-electron chi connectivity index (χ3n) is 3.67. The molecule has 0 saturated carbocycles. The fourth-order valence-corrected chi connectivity index (χ4v) is 2.67. The summed E-state index contributed by atoms with van der Waals surface area (Å²) in [6.07, 6.45) is 1.99. The first-order valence-corrected chi connectivity index (χ1v) is 7.47. The number of carbonyl (C=O) groups excluding carboxylic acids is 1. The monoisotopic (exact) mass is 320 g/mol. The topological polar surface area (TPSA) is 70.4 Å². The number of amides is 2. The molecule has 2 heterocycles. The first-order chi connectivity index (χ1) is 10.5. The van der Waals surface area contributed by atoms with E-state index >= 15 is 0 Å². The largest absolute Gasteiger partial charge is 0.391 e. The molecule has 1 saturated heterocycles. The van der Waals surface area contributed by atoms with Gasteiger partial charge >= 0.3 is 6.03 Å². The van der Waals surface area contributed by atoms with Crippen LogP contribution in [0.5, 0.6) is 0 Å². The normalized spacial score (nSPS) is 17.8. The van der Waals surface area contributed by atoms with Crippen LogP contribution >= 0.6 is 11.6 Å². The van der Waals surface area contributed by atoms with E-state index < -0.39 is 6.10 Å². The molecule has 1 aromatic heterocycles. The van der Waals surface area contributed by atoms with Gasteiger partial charge in [0.05, 0.1) is 16.8 Å². The highest BCUT2D eigenvalue weighted by atomic mass is 35.5. The first-order valence-electron chi connectivity index (χ1n) is 7.10. The molecule has 0 bridgehead atoms. The minimum absolute atomic E-state index is 0.246. The molecule has 6 nitrogen and oxygen atoms in total. The Morgan fingerprint density at radius 3 is 2.91 bits per heavy atom. The fourth-order valence-electron chi connectivity index (χ4n) is 2.45. The number of urea groups is 1. The molecule has 0 radical (unpaired) electrons. The van der Waals surface area contributed by atoms with Crippen LogP contribution in [0.25, 0.3) is 5.69 Å². The van der Waals surface area contributed by atoms with Gasteiger partial charge in [0, 0.05) is 24.8 Å². The number of β-amino-alcohol motifs (C(OH)–C–C–N with tert-alkyl or cyclic N) is 1. The van der Waals surface area contributed by atoms with Gasteiger partial charge in [0.2, 0.25) is 0 Å². The molecule has 7 heteroatoms. The third-order valence-corrected chi connectivity index (χ3v) is 3.99. The summed E-state index contributed by atoms with van der Waals surface area (Å²) in [7, 11) is 0. The van der Waals surface area contributed by atoms with Crippen LogP contribution in [0.15, 0.2) is 30.5 Å². The molecule has 2 aromatic rings. The van der Waals surface area contributed by atoms with Crippen LogP contribution in [0.4, 0.5) is 10.6 Å². The summed E-state index contributed by atoms with van der Waals surface area (Å²) in [5.41, 5.74) is 1.59. The van der Waals surface area contributed by atoms with E-state index in [9.17, 15) is 9.90 Å². The number of likely N-dealkylation sites (tertiary alicyclic amines) is 1. The zero-order chi connectivity index (χ0) is 15.7. The number of para-hydroxylation sites is 1. The summed E-state index contributed by atoms with van der Waals surface area (Å²) in [4.78, 5) is 13.7. The Balaban J connectivity index is 1.78. The number of aromatic nitrogens is 2. The highest BCUT2D eigenvalue weighted by Gasteiger charge is 2.25. The number of nitrogens with one attached hydrogen (secondary N) is 1. The predicted octanol–water partition coefficient (Wildman–Crippen LogP) is 2.43. The summed E-state index contributed by atoms with van der Waals surface area (Å²) < 4.78 is 1.64. The van der Waals surface area contributed by atoms with Gasteiger partial charge in [-0.3, -0.25) is 5.32 Å². The molecule has 116 valence electrons. The minimum atomic E-state index is -0.437. The first kappa shape index (κ1) is 14.9. The second-order valence-electron chi connectivity index (χ2n) is 5.38. The Bertz CT molecular complexity index is 701. The molecule has 1 aromatic carbocycles. The van der Waals surface area contributed by atoms with E-state index in [4.69, 9.17) is 11.6 Å². The molecule has 1 atom stereocenters. The number of nitrogens with zero attached hydrogens (tertiary/aromatic N) is 3. The number of hydrogen-bond donors (Lipinski definition) is 2. The number of hydrogen-bond acceptors (Lipinski definition) is 3. The number of halogens is 1. The van der Waals surface area contributed by atoms with Crippen molar-refractivity contribution in [2.75, 3.05) is 18.4 Å². The second-order valence-corrected chi connectivity index (χ2v) is 5.78. The molecule has 1 fully saturated rings. The predicted molar refractivity (Wildman–Crippen MR) is 84.5 cm³/mol. The average molecular weight is 321 g/mol. The van der Waals surface area contributed by atoms with Crippen molar-refractivity contribution in [2.45, 2.75) is 19.4 Å². The van der Waals surface area contributed by atoms with Gasteiger partial charge in [-0.1, -0.05) is 23.7 Å². The van der Waals surface area contributed by atoms with Crippen LogP contribution in [-0.4, -0.2) is 45.0 Å². The lowest BCUT2D eigenvalue weighted by molar-refractivity contribution is 0.176. The van der Waals surface area contributed by atoms with Crippen molar-refractivity contribution in [3.05, 3.63) is 41.0 Å². The molecule has 2 amide bonds. The SMILES string of the molecule is Cc1cn(-c2ccccc2Cl)nc1NC(=O)N1CC[C@@H](O)C1. The highest BCUT2D eigenvalue weighted by molar-refractivity contribution is 6.32. The molecule has 1 aliphatic heterocycles. The fraction of sp³-hybridized carbons (Fsp3) is 0.333. The number of anilines is 1. The van der Waals surface area contributed by atoms with Gasteiger partial charge in [0.15, 0.2) is 5.82 Å². The maximum atomic E-state index is 12.2. The van der Waals surface area contributed by atoms with Gasteiger partial charge in [-0.05, 0) is 25.5 Å². The number of aliphatic hydroxyl groups is 1. The third kappa shape index (κ3) is 2.93. The van der Waals surface area contributed by atoms with Crippen molar-refractivity contribution in [1.29, 1.82) is 0 Å². The molecular weight excluding hydrogens is 304 g/mol. The molecule has 1 aliphatic rings. The van der Waals surface area contributed by atoms with Crippen molar-refractivity contribution in [3.8, 4) is 5.69 Å². The maximum absolute atomic E-state index is 12.2. The number of aliphatic hydroxyl groups excluding tert-OH is 1. The van der Waals surface area contributed by atoms with Gasteiger partial charge in [-0.25, -0.2) is 9.48 Å². The van der Waals surface area contributed by atoms with E-state index in [-0.39, 0.29) is 6.03 Å². The molecule has 0 aliphatic carbocycles.